The fourth-order valence-electron chi connectivity index (χ4n) is 4.87. The molecule has 1 aliphatic carbocycles. The van der Waals surface area contributed by atoms with Crippen LogP contribution in [0.2, 0.25) is 0 Å². The molecule has 9 nitrogen and oxygen atoms in total. The molecule has 1 fully saturated rings. The Morgan fingerprint density at radius 2 is 2.06 bits per heavy atom. The molecule has 9 heteroatoms. The fourth-order valence-corrected chi connectivity index (χ4v) is 4.87. The summed E-state index contributed by atoms with van der Waals surface area (Å²) < 4.78 is 12.5. The van der Waals surface area contributed by atoms with Crippen LogP contribution in [0.25, 0.3) is 10.9 Å². The maximum Gasteiger partial charge on any atom is 0.235 e. The second kappa shape index (κ2) is 6.49. The Balaban J connectivity index is 1.33. The molecule has 2 atom stereocenters. The number of fused-ring (bicyclic) bond motifs is 3. The van der Waals surface area contributed by atoms with E-state index in [9.17, 15) is 4.79 Å². The largest absolute Gasteiger partial charge is 0.497 e. The molecule has 1 spiro atoms. The van der Waals surface area contributed by atoms with Crippen molar-refractivity contribution in [1.29, 1.82) is 0 Å². The highest BCUT2D eigenvalue weighted by Crippen LogP contribution is 2.65. The van der Waals surface area contributed by atoms with Crippen LogP contribution in [0.1, 0.15) is 23.5 Å². The number of methoxy groups -OCH3 is 2. The molecule has 162 valence electrons. The van der Waals surface area contributed by atoms with Gasteiger partial charge in [0.05, 0.1) is 31.3 Å². The van der Waals surface area contributed by atoms with E-state index in [2.05, 4.69) is 38.1 Å². The van der Waals surface area contributed by atoms with Gasteiger partial charge in [0.1, 0.15) is 5.75 Å². The third-order valence-electron chi connectivity index (χ3n) is 6.67. The lowest BCUT2D eigenvalue weighted by atomic mass is 9.91. The molecule has 0 radical (unpaired) electrons. The predicted molar refractivity (Wildman–Crippen MR) is 120 cm³/mol. The number of carbonyl (C=O) groups excluding carboxylic acids is 1. The minimum absolute atomic E-state index is 0.0566. The second-order valence-electron chi connectivity index (χ2n) is 8.28. The Kier molecular flexibility index (Phi) is 3.80. The maximum absolute atomic E-state index is 12.9. The Labute approximate surface area is 183 Å². The molecule has 2 aliphatic rings. The lowest BCUT2D eigenvalue weighted by Gasteiger charge is -2.10. The monoisotopic (exact) mass is 430 g/mol. The van der Waals surface area contributed by atoms with E-state index in [4.69, 9.17) is 9.47 Å². The molecule has 1 amide bonds. The van der Waals surface area contributed by atoms with Crippen molar-refractivity contribution >= 4 is 34.1 Å². The summed E-state index contributed by atoms with van der Waals surface area (Å²) in [6.07, 6.45) is 2.43. The van der Waals surface area contributed by atoms with E-state index in [1.165, 1.54) is 0 Å². The summed E-state index contributed by atoms with van der Waals surface area (Å²) in [4.78, 5) is 12.9. The molecule has 0 unspecified atom stereocenters. The average molecular weight is 430 g/mol. The van der Waals surface area contributed by atoms with Gasteiger partial charge in [-0.15, -0.1) is 0 Å². The number of anilines is 3. The van der Waals surface area contributed by atoms with Crippen LogP contribution in [0.4, 0.5) is 17.3 Å². The second-order valence-corrected chi connectivity index (χ2v) is 8.28. The van der Waals surface area contributed by atoms with Crippen molar-refractivity contribution in [3.63, 3.8) is 0 Å². The van der Waals surface area contributed by atoms with Crippen molar-refractivity contribution in [3.05, 3.63) is 53.7 Å². The van der Waals surface area contributed by atoms with Gasteiger partial charge in [0.25, 0.3) is 0 Å². The smallest absolute Gasteiger partial charge is 0.235 e. The zero-order chi connectivity index (χ0) is 22.0. The van der Waals surface area contributed by atoms with Crippen molar-refractivity contribution < 1.29 is 14.3 Å². The van der Waals surface area contributed by atoms with Crippen molar-refractivity contribution in [2.75, 3.05) is 24.9 Å². The van der Waals surface area contributed by atoms with Gasteiger partial charge in [0, 0.05) is 24.0 Å². The average Bonchev–Trinajstić information content (AvgIpc) is 3.16. The van der Waals surface area contributed by atoms with Gasteiger partial charge in [-0.05, 0) is 47.9 Å². The molecule has 4 aromatic rings. The van der Waals surface area contributed by atoms with Crippen LogP contribution in [-0.2, 0) is 17.3 Å². The summed E-state index contributed by atoms with van der Waals surface area (Å²) in [6.45, 7) is 0. The number of aromatic nitrogens is 4. The van der Waals surface area contributed by atoms with E-state index in [1.807, 2.05) is 31.3 Å². The minimum Gasteiger partial charge on any atom is -0.497 e. The van der Waals surface area contributed by atoms with Gasteiger partial charge in [0.2, 0.25) is 5.91 Å². The summed E-state index contributed by atoms with van der Waals surface area (Å²) in [6, 6.07) is 12.0. The number of hydrogen-bond donors (Lipinski definition) is 3. The van der Waals surface area contributed by atoms with E-state index in [1.54, 1.807) is 25.1 Å². The number of carbonyl (C=O) groups is 1. The number of ether oxygens (including phenoxy) is 2. The highest BCUT2D eigenvalue weighted by atomic mass is 16.5. The number of aryl methyl sites for hydroxylation is 1. The van der Waals surface area contributed by atoms with Crippen LogP contribution >= 0.6 is 0 Å². The fraction of sp³-hybridized carbons (Fsp3) is 0.261. The first-order valence-electron chi connectivity index (χ1n) is 10.4. The lowest BCUT2D eigenvalue weighted by Crippen LogP contribution is -2.21. The Hall–Kier alpha value is -4.01. The van der Waals surface area contributed by atoms with Gasteiger partial charge in [-0.3, -0.25) is 9.89 Å². The number of benzene rings is 2. The first-order chi connectivity index (χ1) is 15.5. The van der Waals surface area contributed by atoms with Gasteiger partial charge in [-0.1, -0.05) is 6.07 Å². The molecule has 3 heterocycles. The van der Waals surface area contributed by atoms with Gasteiger partial charge < -0.3 is 20.1 Å². The number of aromatic amines is 1. The van der Waals surface area contributed by atoms with E-state index in [0.29, 0.717) is 11.6 Å². The Morgan fingerprint density at radius 3 is 2.88 bits per heavy atom. The summed E-state index contributed by atoms with van der Waals surface area (Å²) in [5, 5.41) is 19.0. The molecule has 32 heavy (non-hydrogen) atoms. The van der Waals surface area contributed by atoms with Gasteiger partial charge >= 0.3 is 0 Å². The van der Waals surface area contributed by atoms with Crippen molar-refractivity contribution in [1.82, 2.24) is 20.0 Å². The summed E-state index contributed by atoms with van der Waals surface area (Å²) in [5.41, 5.74) is 3.37. The third-order valence-corrected chi connectivity index (χ3v) is 6.67. The van der Waals surface area contributed by atoms with E-state index >= 15 is 0 Å². The number of rotatable bonds is 5. The van der Waals surface area contributed by atoms with Crippen LogP contribution in [0.15, 0.2) is 42.6 Å². The quantitative estimate of drug-likeness (QED) is 0.448. The Bertz CT molecular complexity index is 1390. The van der Waals surface area contributed by atoms with Crippen LogP contribution in [0.5, 0.6) is 11.5 Å². The van der Waals surface area contributed by atoms with Crippen LogP contribution in [-0.4, -0.2) is 40.1 Å². The third kappa shape index (κ3) is 2.47. The predicted octanol–water partition coefficient (Wildman–Crippen LogP) is 3.43. The van der Waals surface area contributed by atoms with Gasteiger partial charge in [0.15, 0.2) is 17.4 Å². The first-order valence-corrected chi connectivity index (χ1v) is 10.4. The highest BCUT2D eigenvalue weighted by Gasteiger charge is 2.65. The number of hydrogen-bond acceptors (Lipinski definition) is 6. The normalized spacial score (nSPS) is 21.0. The van der Waals surface area contributed by atoms with E-state index in [-0.39, 0.29) is 11.8 Å². The number of amides is 1. The van der Waals surface area contributed by atoms with Crippen molar-refractivity contribution in [3.8, 4) is 11.5 Å². The van der Waals surface area contributed by atoms with Crippen LogP contribution in [0.3, 0.4) is 0 Å². The lowest BCUT2D eigenvalue weighted by molar-refractivity contribution is -0.118. The molecule has 3 N–H and O–H groups in total. The number of H-pyrrole nitrogens is 1. The molecule has 2 aromatic carbocycles. The Morgan fingerprint density at radius 1 is 1.19 bits per heavy atom. The molecule has 0 saturated heterocycles. The van der Waals surface area contributed by atoms with Crippen molar-refractivity contribution in [2.24, 2.45) is 7.05 Å². The zero-order valence-corrected chi connectivity index (χ0v) is 17.9. The number of nitrogens with one attached hydrogen (secondary N) is 3. The van der Waals surface area contributed by atoms with Gasteiger partial charge in [-0.25, -0.2) is 4.68 Å². The van der Waals surface area contributed by atoms with Crippen LogP contribution in [0, 0.1) is 0 Å². The zero-order valence-electron chi connectivity index (χ0n) is 17.9. The molecular formula is C23H22N6O3. The standard InChI is InChI=1S/C23H22N6O3/c1-29-21(19(32-3)11-24-29)26-20-14-6-4-12(8-18(14)27-28-20)16-10-23(16)15-9-13(31-2)5-7-17(15)25-22(23)30/h4-9,11,16H,10H2,1-3H3,(H,25,30)(H2,26,27,28)/t16-,23-/m0/s1. The van der Waals surface area contributed by atoms with Crippen LogP contribution < -0.4 is 20.1 Å². The van der Waals surface area contributed by atoms with E-state index < -0.39 is 5.41 Å². The molecule has 6 rings (SSSR count). The summed E-state index contributed by atoms with van der Waals surface area (Å²) in [7, 11) is 5.08. The number of nitrogens with zero attached hydrogens (tertiary/aromatic N) is 3. The van der Waals surface area contributed by atoms with Crippen molar-refractivity contribution in [2.45, 2.75) is 17.8 Å². The maximum atomic E-state index is 12.9. The molecular weight excluding hydrogens is 408 g/mol. The minimum atomic E-state index is -0.527. The molecule has 0 bridgehead atoms. The highest BCUT2D eigenvalue weighted by molar-refractivity contribution is 6.10. The molecule has 2 aromatic heterocycles. The van der Waals surface area contributed by atoms with Gasteiger partial charge in [-0.2, -0.15) is 10.2 Å². The SMILES string of the molecule is COc1ccc2c(c1)[C@]1(C[C@H]1c1ccc3c(Nc4c(OC)cnn4C)n[nH]c3c1)C(=O)N2. The first kappa shape index (κ1) is 18.7. The molecule has 1 saturated carbocycles. The van der Waals surface area contributed by atoms with E-state index in [0.717, 1.165) is 45.7 Å². The molecule has 1 aliphatic heterocycles. The summed E-state index contributed by atoms with van der Waals surface area (Å²) in [5.74, 6) is 2.97. The topological polar surface area (TPSA) is 106 Å². The summed E-state index contributed by atoms with van der Waals surface area (Å²) >= 11 is 0.